The van der Waals surface area contributed by atoms with Gasteiger partial charge in [0.05, 0.1) is 18.8 Å². The largest absolute Gasteiger partial charge is 0.494 e. The third-order valence-corrected chi connectivity index (χ3v) is 5.29. The molecule has 0 amide bonds. The van der Waals surface area contributed by atoms with Gasteiger partial charge in [0.15, 0.2) is 35.5 Å². The summed E-state index contributed by atoms with van der Waals surface area (Å²) in [5.41, 5.74) is -1.05. The van der Waals surface area contributed by atoms with E-state index in [2.05, 4.69) is 0 Å². The standard InChI is InChI=1S/C25H20F4O4/c1-3-31-14-7-5-13(6-8-14)25(30)33-18-12-10-16-15-9-11-17(32-4-2)21(26)19(15)23(28)24(29)20(16)22(18)27/h5-12,23-24H,3-4H2,1-2H3. The van der Waals surface area contributed by atoms with Crippen molar-refractivity contribution in [3.8, 4) is 28.4 Å². The number of halogens is 4. The van der Waals surface area contributed by atoms with Gasteiger partial charge in [0.2, 0.25) is 0 Å². The van der Waals surface area contributed by atoms with Crippen LogP contribution in [0.4, 0.5) is 17.6 Å². The lowest BCUT2D eigenvalue weighted by atomic mass is 9.82. The zero-order valence-electron chi connectivity index (χ0n) is 17.8. The molecule has 1 aliphatic rings. The molecule has 2 unspecified atom stereocenters. The summed E-state index contributed by atoms with van der Waals surface area (Å²) in [5.74, 6) is -3.36. The minimum atomic E-state index is -2.50. The minimum absolute atomic E-state index is 0.00985. The maximum absolute atomic E-state index is 15.2. The molecule has 172 valence electrons. The van der Waals surface area contributed by atoms with E-state index in [-0.39, 0.29) is 29.0 Å². The van der Waals surface area contributed by atoms with Crippen molar-refractivity contribution in [2.75, 3.05) is 13.2 Å². The Morgan fingerprint density at radius 1 is 0.758 bits per heavy atom. The van der Waals surface area contributed by atoms with Crippen LogP contribution < -0.4 is 14.2 Å². The summed E-state index contributed by atoms with van der Waals surface area (Å²) in [4.78, 5) is 12.4. The van der Waals surface area contributed by atoms with E-state index >= 15 is 4.39 Å². The summed E-state index contributed by atoms with van der Waals surface area (Å²) < 4.78 is 75.4. The van der Waals surface area contributed by atoms with Crippen LogP contribution >= 0.6 is 0 Å². The van der Waals surface area contributed by atoms with Gasteiger partial charge in [-0.25, -0.2) is 22.4 Å². The number of benzene rings is 3. The molecule has 3 aromatic rings. The smallest absolute Gasteiger partial charge is 0.343 e. The van der Waals surface area contributed by atoms with E-state index in [9.17, 15) is 18.0 Å². The van der Waals surface area contributed by atoms with Gasteiger partial charge in [-0.05, 0) is 61.4 Å². The number of carbonyl (C=O) groups excluding carboxylic acids is 1. The minimum Gasteiger partial charge on any atom is -0.494 e. The Morgan fingerprint density at radius 3 is 1.82 bits per heavy atom. The summed E-state index contributed by atoms with van der Waals surface area (Å²) in [6, 6.07) is 11.0. The molecule has 0 saturated heterocycles. The van der Waals surface area contributed by atoms with Crippen LogP contribution in [-0.4, -0.2) is 19.2 Å². The first-order chi connectivity index (χ1) is 15.9. The topological polar surface area (TPSA) is 44.8 Å². The molecule has 3 aromatic carbocycles. The Bertz CT molecular complexity index is 1190. The van der Waals surface area contributed by atoms with E-state index in [4.69, 9.17) is 14.2 Å². The molecular formula is C25H20F4O4. The van der Waals surface area contributed by atoms with Crippen LogP contribution in [0.3, 0.4) is 0 Å². The molecule has 4 rings (SSSR count). The third-order valence-electron chi connectivity index (χ3n) is 5.29. The normalized spacial score (nSPS) is 16.5. The molecule has 8 heteroatoms. The highest BCUT2D eigenvalue weighted by Crippen LogP contribution is 2.52. The van der Waals surface area contributed by atoms with E-state index in [0.29, 0.717) is 12.4 Å². The molecular weight excluding hydrogens is 440 g/mol. The van der Waals surface area contributed by atoms with E-state index in [1.807, 2.05) is 6.92 Å². The lowest BCUT2D eigenvalue weighted by Gasteiger charge is -2.28. The molecule has 0 aliphatic heterocycles. The zero-order valence-corrected chi connectivity index (χ0v) is 17.8. The highest BCUT2D eigenvalue weighted by Gasteiger charge is 2.40. The average Bonchev–Trinajstić information content (AvgIpc) is 2.81. The Morgan fingerprint density at radius 2 is 1.27 bits per heavy atom. The van der Waals surface area contributed by atoms with Gasteiger partial charge in [-0.1, -0.05) is 12.1 Å². The molecule has 0 radical (unpaired) electrons. The van der Waals surface area contributed by atoms with Crippen molar-refractivity contribution in [3.63, 3.8) is 0 Å². The van der Waals surface area contributed by atoms with Crippen LogP contribution in [0.15, 0.2) is 48.5 Å². The van der Waals surface area contributed by atoms with Crippen LogP contribution in [-0.2, 0) is 0 Å². The van der Waals surface area contributed by atoms with Crippen molar-refractivity contribution in [2.24, 2.45) is 0 Å². The van der Waals surface area contributed by atoms with E-state index in [1.54, 1.807) is 19.1 Å². The average molecular weight is 460 g/mol. The van der Waals surface area contributed by atoms with Crippen molar-refractivity contribution >= 4 is 5.97 Å². The molecule has 0 spiro atoms. The summed E-state index contributed by atoms with van der Waals surface area (Å²) in [6.45, 7) is 4.03. The maximum atomic E-state index is 15.2. The molecule has 0 heterocycles. The summed E-state index contributed by atoms with van der Waals surface area (Å²) in [7, 11) is 0. The third kappa shape index (κ3) is 4.01. The van der Waals surface area contributed by atoms with Crippen molar-refractivity contribution in [1.29, 1.82) is 0 Å². The Hall–Kier alpha value is -3.55. The molecule has 33 heavy (non-hydrogen) atoms. The Balaban J connectivity index is 1.69. The van der Waals surface area contributed by atoms with E-state index < -0.39 is 46.8 Å². The van der Waals surface area contributed by atoms with Crippen LogP contribution in [0.25, 0.3) is 11.1 Å². The van der Waals surface area contributed by atoms with E-state index in [1.165, 1.54) is 30.3 Å². The summed E-state index contributed by atoms with van der Waals surface area (Å²) in [6.07, 6.45) is -4.96. The van der Waals surface area contributed by atoms with Gasteiger partial charge in [-0.15, -0.1) is 0 Å². The number of hydrogen-bond acceptors (Lipinski definition) is 4. The summed E-state index contributed by atoms with van der Waals surface area (Å²) in [5, 5.41) is 0. The number of ether oxygens (including phenoxy) is 3. The summed E-state index contributed by atoms with van der Waals surface area (Å²) >= 11 is 0. The second-order valence-corrected chi connectivity index (χ2v) is 7.26. The van der Waals surface area contributed by atoms with Crippen molar-refractivity contribution in [2.45, 2.75) is 26.2 Å². The molecule has 0 saturated carbocycles. The molecule has 0 N–H and O–H groups in total. The number of hydrogen-bond donors (Lipinski definition) is 0. The number of carbonyl (C=O) groups is 1. The number of esters is 1. The first-order valence-electron chi connectivity index (χ1n) is 10.4. The van der Waals surface area contributed by atoms with Gasteiger partial charge in [-0.3, -0.25) is 0 Å². The monoisotopic (exact) mass is 460 g/mol. The second-order valence-electron chi connectivity index (χ2n) is 7.26. The second kappa shape index (κ2) is 9.13. The molecule has 0 fully saturated rings. The number of rotatable bonds is 6. The first-order valence-corrected chi connectivity index (χ1v) is 10.4. The van der Waals surface area contributed by atoms with Crippen molar-refractivity contribution in [1.82, 2.24) is 0 Å². The van der Waals surface area contributed by atoms with Gasteiger partial charge in [0.1, 0.15) is 5.75 Å². The van der Waals surface area contributed by atoms with Gasteiger partial charge in [0.25, 0.3) is 0 Å². The van der Waals surface area contributed by atoms with Crippen LogP contribution in [0.1, 0.15) is 47.7 Å². The quantitative estimate of drug-likeness (QED) is 0.234. The highest BCUT2D eigenvalue weighted by molar-refractivity contribution is 5.91. The van der Waals surface area contributed by atoms with Crippen LogP contribution in [0.2, 0.25) is 0 Å². The maximum Gasteiger partial charge on any atom is 0.343 e. The van der Waals surface area contributed by atoms with Gasteiger partial charge >= 0.3 is 5.97 Å². The molecule has 2 atom stereocenters. The molecule has 0 bridgehead atoms. The van der Waals surface area contributed by atoms with Crippen molar-refractivity contribution < 1.29 is 36.6 Å². The van der Waals surface area contributed by atoms with Crippen LogP contribution in [0, 0.1) is 11.6 Å². The van der Waals surface area contributed by atoms with Crippen LogP contribution in [0.5, 0.6) is 17.2 Å². The van der Waals surface area contributed by atoms with Gasteiger partial charge in [-0.2, -0.15) is 0 Å². The van der Waals surface area contributed by atoms with Gasteiger partial charge < -0.3 is 14.2 Å². The van der Waals surface area contributed by atoms with Crippen molar-refractivity contribution in [3.05, 3.63) is 76.9 Å². The fourth-order valence-electron chi connectivity index (χ4n) is 3.81. The zero-order chi connectivity index (χ0) is 23.7. The molecule has 1 aliphatic carbocycles. The Labute approximate surface area is 187 Å². The van der Waals surface area contributed by atoms with Gasteiger partial charge in [0, 0.05) is 11.1 Å². The number of alkyl halides is 2. The predicted octanol–water partition coefficient (Wildman–Crippen LogP) is 6.68. The Kier molecular flexibility index (Phi) is 6.26. The molecule has 0 aromatic heterocycles. The van der Waals surface area contributed by atoms with E-state index in [0.717, 1.165) is 6.07 Å². The number of fused-ring (bicyclic) bond motifs is 3. The fraction of sp³-hybridized carbons (Fsp3) is 0.240. The predicted molar refractivity (Wildman–Crippen MR) is 113 cm³/mol. The highest BCUT2D eigenvalue weighted by atomic mass is 19.2. The molecule has 4 nitrogen and oxygen atoms in total. The fourth-order valence-corrected chi connectivity index (χ4v) is 3.81. The lowest BCUT2D eigenvalue weighted by molar-refractivity contribution is 0.0726. The lowest BCUT2D eigenvalue weighted by Crippen LogP contribution is -2.17. The first kappa shape index (κ1) is 22.6. The SMILES string of the molecule is CCOc1ccc(C(=O)Oc2ccc3c(c2F)C(F)C(F)c2c-3ccc(OCC)c2F)cc1.